The summed E-state index contributed by atoms with van der Waals surface area (Å²) < 4.78 is 40.9. The van der Waals surface area contributed by atoms with E-state index in [9.17, 15) is 22.8 Å². The summed E-state index contributed by atoms with van der Waals surface area (Å²) in [6.07, 6.45) is -2.87. The van der Waals surface area contributed by atoms with Crippen LogP contribution in [0.15, 0.2) is 42.5 Å². The van der Waals surface area contributed by atoms with Crippen LogP contribution in [0.1, 0.15) is 46.3 Å². The average Bonchev–Trinajstić information content (AvgIpc) is 3.21. The molecule has 2 aromatic carbocycles. The number of amides is 2. The van der Waals surface area contributed by atoms with E-state index in [4.69, 9.17) is 5.26 Å². The van der Waals surface area contributed by atoms with E-state index in [1.165, 1.54) is 17.0 Å². The molecule has 1 atom stereocenters. The van der Waals surface area contributed by atoms with Gasteiger partial charge in [0.15, 0.2) is 0 Å². The molecular weight excluding hydrogens is 469 g/mol. The van der Waals surface area contributed by atoms with E-state index >= 15 is 0 Å². The van der Waals surface area contributed by atoms with Crippen LogP contribution in [0.5, 0.6) is 0 Å². The van der Waals surface area contributed by atoms with Crippen molar-refractivity contribution in [3.05, 3.63) is 64.7 Å². The summed E-state index contributed by atoms with van der Waals surface area (Å²) in [7, 11) is 3.27. The minimum Gasteiger partial charge on any atom is -0.359 e. The summed E-state index contributed by atoms with van der Waals surface area (Å²) in [5, 5.41) is 9.16. The van der Waals surface area contributed by atoms with Gasteiger partial charge >= 0.3 is 6.18 Å². The molecule has 2 saturated heterocycles. The Bertz CT molecular complexity index is 1210. The normalized spacial score (nSPS) is 19.3. The van der Waals surface area contributed by atoms with Gasteiger partial charge in [-0.1, -0.05) is 18.2 Å². The van der Waals surface area contributed by atoms with Crippen LogP contribution in [0.4, 0.5) is 18.9 Å². The minimum atomic E-state index is -4.68. The Labute approximate surface area is 208 Å². The van der Waals surface area contributed by atoms with Gasteiger partial charge in [-0.15, -0.1) is 0 Å². The maximum atomic E-state index is 13.6. The second-order valence-corrected chi connectivity index (χ2v) is 10.0. The summed E-state index contributed by atoms with van der Waals surface area (Å²) in [5.74, 6) is -0.205. The van der Waals surface area contributed by atoms with Gasteiger partial charge in [0.1, 0.15) is 6.04 Å². The number of anilines is 1. The summed E-state index contributed by atoms with van der Waals surface area (Å²) in [6, 6.07) is 12.1. The SMILES string of the molecule is Cc1ccccc1C(=O)N1CCC2(CC1)CC(C(=O)N(C)C)N(c1ccc(C#N)c(C(F)(F)F)c1)C2. The highest BCUT2D eigenvalue weighted by Crippen LogP contribution is 2.46. The third-order valence-electron chi connectivity index (χ3n) is 7.48. The molecule has 0 radical (unpaired) electrons. The van der Waals surface area contributed by atoms with Crippen LogP contribution in [0, 0.1) is 23.7 Å². The Hall–Kier alpha value is -3.54. The molecule has 0 aliphatic carbocycles. The van der Waals surface area contributed by atoms with E-state index in [0.717, 1.165) is 11.6 Å². The van der Waals surface area contributed by atoms with Gasteiger partial charge in [-0.2, -0.15) is 18.4 Å². The number of hydrogen-bond donors (Lipinski definition) is 0. The van der Waals surface area contributed by atoms with Gasteiger partial charge in [-0.25, -0.2) is 0 Å². The highest BCUT2D eigenvalue weighted by atomic mass is 19.4. The van der Waals surface area contributed by atoms with Gasteiger partial charge in [0, 0.05) is 45.0 Å². The molecule has 9 heteroatoms. The van der Waals surface area contributed by atoms with Crippen molar-refractivity contribution in [2.24, 2.45) is 5.41 Å². The van der Waals surface area contributed by atoms with E-state index in [0.29, 0.717) is 44.5 Å². The Morgan fingerprint density at radius 1 is 1.11 bits per heavy atom. The minimum absolute atomic E-state index is 0.0272. The van der Waals surface area contributed by atoms with Gasteiger partial charge in [-0.3, -0.25) is 9.59 Å². The van der Waals surface area contributed by atoms with Crippen LogP contribution in [0.3, 0.4) is 0 Å². The highest BCUT2D eigenvalue weighted by Gasteiger charge is 2.49. The predicted octanol–water partition coefficient (Wildman–Crippen LogP) is 4.48. The standard InChI is InChI=1S/C27H29F3N4O2/c1-18-6-4-5-7-21(18)24(35)33-12-10-26(11-13-33)15-23(25(36)32(2)3)34(17-26)20-9-8-19(16-31)22(14-20)27(28,29)30/h4-9,14,23H,10-13,15,17H2,1-3H3. The van der Waals surface area contributed by atoms with E-state index in [-0.39, 0.29) is 22.9 Å². The smallest absolute Gasteiger partial charge is 0.359 e. The molecule has 2 heterocycles. The number of benzene rings is 2. The largest absolute Gasteiger partial charge is 0.417 e. The molecule has 6 nitrogen and oxygen atoms in total. The van der Waals surface area contributed by atoms with Crippen molar-refractivity contribution in [1.82, 2.24) is 9.80 Å². The van der Waals surface area contributed by atoms with Gasteiger partial charge in [-0.05, 0) is 61.4 Å². The number of likely N-dealkylation sites (tertiary alicyclic amines) is 1. The Balaban J connectivity index is 1.60. The molecule has 2 fully saturated rings. The molecule has 2 aliphatic rings. The number of halogens is 3. The number of carbonyl (C=O) groups is 2. The Kier molecular flexibility index (Phi) is 6.74. The number of nitriles is 1. The summed E-state index contributed by atoms with van der Waals surface area (Å²) >= 11 is 0. The van der Waals surface area contributed by atoms with E-state index in [1.54, 1.807) is 25.1 Å². The molecule has 4 rings (SSSR count). The quantitative estimate of drug-likeness (QED) is 0.626. The third kappa shape index (κ3) is 4.77. The Morgan fingerprint density at radius 3 is 2.36 bits per heavy atom. The lowest BCUT2D eigenvalue weighted by molar-refractivity contribution is -0.137. The molecule has 0 saturated carbocycles. The number of rotatable bonds is 3. The molecule has 36 heavy (non-hydrogen) atoms. The second kappa shape index (κ2) is 9.49. The molecular formula is C27H29F3N4O2. The van der Waals surface area contributed by atoms with E-state index in [1.807, 2.05) is 36.1 Å². The first kappa shape index (κ1) is 25.5. The third-order valence-corrected chi connectivity index (χ3v) is 7.48. The lowest BCUT2D eigenvalue weighted by Crippen LogP contribution is -2.44. The Morgan fingerprint density at radius 2 is 1.78 bits per heavy atom. The van der Waals surface area contributed by atoms with Gasteiger partial charge in [0.2, 0.25) is 5.91 Å². The molecule has 2 amide bonds. The van der Waals surface area contributed by atoms with Crippen molar-refractivity contribution in [2.45, 2.75) is 38.4 Å². The van der Waals surface area contributed by atoms with Crippen LogP contribution in [0.25, 0.3) is 0 Å². The second-order valence-electron chi connectivity index (χ2n) is 10.0. The maximum Gasteiger partial charge on any atom is 0.417 e. The molecule has 1 unspecified atom stereocenters. The number of nitrogens with zero attached hydrogens (tertiary/aromatic N) is 4. The van der Waals surface area contributed by atoms with E-state index < -0.39 is 23.3 Å². The van der Waals surface area contributed by atoms with Crippen molar-refractivity contribution in [3.63, 3.8) is 0 Å². The van der Waals surface area contributed by atoms with Crippen molar-refractivity contribution in [3.8, 4) is 6.07 Å². The van der Waals surface area contributed by atoms with Crippen molar-refractivity contribution >= 4 is 17.5 Å². The fourth-order valence-electron chi connectivity index (χ4n) is 5.42. The molecule has 190 valence electrons. The number of alkyl halides is 3. The number of carbonyl (C=O) groups excluding carboxylic acids is 2. The lowest BCUT2D eigenvalue weighted by Gasteiger charge is -2.39. The monoisotopic (exact) mass is 498 g/mol. The van der Waals surface area contributed by atoms with Crippen LogP contribution < -0.4 is 4.90 Å². The van der Waals surface area contributed by atoms with Crippen molar-refractivity contribution < 1.29 is 22.8 Å². The fourth-order valence-corrected chi connectivity index (χ4v) is 5.42. The molecule has 0 N–H and O–H groups in total. The van der Waals surface area contributed by atoms with Gasteiger partial charge in [0.05, 0.1) is 17.2 Å². The molecule has 1 spiro atoms. The molecule has 2 aromatic rings. The number of likely N-dealkylation sites (N-methyl/N-ethyl adjacent to an activating group) is 1. The molecule has 0 aromatic heterocycles. The lowest BCUT2D eigenvalue weighted by atomic mass is 9.76. The van der Waals surface area contributed by atoms with Crippen LogP contribution in [-0.4, -0.2) is 61.4 Å². The number of aryl methyl sites for hydroxylation is 1. The fraction of sp³-hybridized carbons (Fsp3) is 0.444. The van der Waals surface area contributed by atoms with E-state index in [2.05, 4.69) is 0 Å². The summed E-state index contributed by atoms with van der Waals surface area (Å²) in [4.78, 5) is 31.2. The first-order chi connectivity index (χ1) is 17.0. The predicted molar refractivity (Wildman–Crippen MR) is 129 cm³/mol. The highest BCUT2D eigenvalue weighted by molar-refractivity contribution is 5.95. The molecule has 2 aliphatic heterocycles. The zero-order valence-corrected chi connectivity index (χ0v) is 20.6. The summed E-state index contributed by atoms with van der Waals surface area (Å²) in [6.45, 7) is 3.35. The topological polar surface area (TPSA) is 67.7 Å². The van der Waals surface area contributed by atoms with Crippen molar-refractivity contribution in [2.75, 3.05) is 38.6 Å². The summed E-state index contributed by atoms with van der Waals surface area (Å²) in [5.41, 5.74) is 0.103. The van der Waals surface area contributed by atoms with Crippen LogP contribution >= 0.6 is 0 Å². The zero-order chi connectivity index (χ0) is 26.3. The average molecular weight is 499 g/mol. The van der Waals surface area contributed by atoms with Gasteiger partial charge in [0.25, 0.3) is 5.91 Å². The first-order valence-corrected chi connectivity index (χ1v) is 11.9. The molecule has 0 bridgehead atoms. The number of piperidine rings is 1. The number of hydrogen-bond acceptors (Lipinski definition) is 4. The van der Waals surface area contributed by atoms with Crippen LogP contribution in [-0.2, 0) is 11.0 Å². The zero-order valence-electron chi connectivity index (χ0n) is 20.6. The van der Waals surface area contributed by atoms with Crippen molar-refractivity contribution in [1.29, 1.82) is 5.26 Å². The first-order valence-electron chi connectivity index (χ1n) is 11.9. The van der Waals surface area contributed by atoms with Crippen LogP contribution in [0.2, 0.25) is 0 Å². The van der Waals surface area contributed by atoms with Gasteiger partial charge < -0.3 is 14.7 Å². The maximum absolute atomic E-state index is 13.6.